The number of rotatable bonds is 8. The summed E-state index contributed by atoms with van der Waals surface area (Å²) in [4.78, 5) is 4.94. The van der Waals surface area contributed by atoms with Crippen LogP contribution in [0.1, 0.15) is 92.2 Å². The molecule has 4 aliphatic rings. The number of fused-ring (bicyclic) bond motifs is 23. The lowest BCUT2D eigenvalue weighted by atomic mass is 9.81. The van der Waals surface area contributed by atoms with Crippen LogP contribution in [0.25, 0.3) is 143 Å². The molecule has 3 aromatic heterocycles. The van der Waals surface area contributed by atoms with Gasteiger partial charge in [-0.3, -0.25) is 0 Å². The fourth-order valence-corrected chi connectivity index (χ4v) is 19.6. The van der Waals surface area contributed by atoms with Gasteiger partial charge in [0.1, 0.15) is 45.5 Å². The SMILES string of the molecule is CC1(C)c2cc3c(cc2-c2cc4oc5cc(N(c6ccc7cc(C8Cc9ccccc9O8)ccc7c6)c6cccc7c6C(C)(C)c6ccc8ccccc8c6-7)ccc5c4cc21)oc1cc(N(c2ccc4cc(-c5cc6ccccc6o5)ccc4c2)c2cccc4c2C(C)(C)c2ccc5ccccc5c2-4)ccc13. The van der Waals surface area contributed by atoms with Gasteiger partial charge in [-0.05, 0) is 236 Å². The van der Waals surface area contributed by atoms with E-state index >= 15 is 0 Å². The van der Waals surface area contributed by atoms with Crippen molar-refractivity contribution in [3.05, 3.63) is 342 Å². The van der Waals surface area contributed by atoms with E-state index in [4.69, 9.17) is 18.0 Å². The van der Waals surface area contributed by atoms with Gasteiger partial charge in [0.2, 0.25) is 0 Å². The van der Waals surface area contributed by atoms with Gasteiger partial charge in [0.15, 0.2) is 0 Å². The standard InChI is InChI=1S/C101H70N2O4/c1-99(2)83-53-79-73-41-39-69(102(67-37-33-59-45-65(31-29-61(59)47-67)89-49-63-19-9-13-27-87(63)104-89)85-25-15-23-75-95-71-21-11-7-17-57(71)35-43-81(95)100(3,4)97(75)85)51-91(73)106-93(79)55-77(83)78-56-94-80(54-84(78)99)74-42-40-70(52-92(74)107-94)103(68-38-34-60-46-66(32-30-62(60)48-68)90-50-64-20-10-14-28-88(64)105-90)86-26-16-24-76-96-72-22-12-8-18-58(72)36-44-82(96)101(5,6)98(76)86/h7-49,51-56,90H,50H2,1-6H3. The topological polar surface area (TPSA) is 55.1 Å². The number of hydrogen-bond acceptors (Lipinski definition) is 6. The van der Waals surface area contributed by atoms with Gasteiger partial charge in [0.25, 0.3) is 0 Å². The Balaban J connectivity index is 0.639. The van der Waals surface area contributed by atoms with Crippen molar-refractivity contribution in [2.24, 2.45) is 0 Å². The number of benzene rings is 16. The van der Waals surface area contributed by atoms with Crippen LogP contribution in [-0.2, 0) is 22.7 Å². The second-order valence-corrected chi connectivity index (χ2v) is 31.8. The molecule has 23 rings (SSSR count). The lowest BCUT2D eigenvalue weighted by molar-refractivity contribution is 0.239. The highest BCUT2D eigenvalue weighted by Gasteiger charge is 2.43. The van der Waals surface area contributed by atoms with E-state index in [1.165, 1.54) is 105 Å². The highest BCUT2D eigenvalue weighted by atomic mass is 16.5. The van der Waals surface area contributed by atoms with Crippen LogP contribution >= 0.6 is 0 Å². The van der Waals surface area contributed by atoms with E-state index in [1.807, 2.05) is 12.1 Å². The van der Waals surface area contributed by atoms with Gasteiger partial charge >= 0.3 is 0 Å². The minimum absolute atomic E-state index is 0.0226. The summed E-state index contributed by atoms with van der Waals surface area (Å²) in [6.07, 6.45) is 0.839. The molecular weight excluding hydrogens is 1310 g/mol. The van der Waals surface area contributed by atoms with Crippen molar-refractivity contribution in [2.75, 3.05) is 9.80 Å². The van der Waals surface area contributed by atoms with Gasteiger partial charge in [-0.1, -0.05) is 211 Å². The van der Waals surface area contributed by atoms with E-state index in [1.54, 1.807) is 0 Å². The van der Waals surface area contributed by atoms with Crippen LogP contribution < -0.4 is 14.5 Å². The number of nitrogens with zero attached hydrogens (tertiary/aromatic N) is 2. The molecule has 19 aromatic rings. The Morgan fingerprint density at radius 2 is 0.776 bits per heavy atom. The lowest BCUT2D eigenvalue weighted by Crippen LogP contribution is -2.20. The van der Waals surface area contributed by atoms with Crippen LogP contribution in [0.3, 0.4) is 0 Å². The monoisotopic (exact) mass is 1370 g/mol. The van der Waals surface area contributed by atoms with Gasteiger partial charge in [0, 0.05) is 90.0 Å². The summed E-state index contributed by atoms with van der Waals surface area (Å²) < 4.78 is 27.3. The fourth-order valence-electron chi connectivity index (χ4n) is 19.6. The zero-order chi connectivity index (χ0) is 71.1. The molecular formula is C101H70N2O4. The average Bonchev–Trinajstić information content (AvgIpc) is 1.56. The van der Waals surface area contributed by atoms with Crippen molar-refractivity contribution in [1.29, 1.82) is 0 Å². The molecule has 16 aromatic carbocycles. The molecule has 0 bridgehead atoms. The molecule has 0 spiro atoms. The molecule has 0 saturated carbocycles. The number of ether oxygens (including phenoxy) is 1. The van der Waals surface area contributed by atoms with Gasteiger partial charge in [-0.2, -0.15) is 0 Å². The van der Waals surface area contributed by atoms with Crippen LogP contribution in [0.2, 0.25) is 0 Å². The summed E-state index contributed by atoms with van der Waals surface area (Å²) in [6.45, 7) is 14.3. The van der Waals surface area contributed by atoms with Crippen molar-refractivity contribution >= 4 is 132 Å². The molecule has 107 heavy (non-hydrogen) atoms. The predicted octanol–water partition coefficient (Wildman–Crippen LogP) is 28.0. The summed E-state index contributed by atoms with van der Waals surface area (Å²) >= 11 is 0. The van der Waals surface area contributed by atoms with Crippen molar-refractivity contribution in [3.63, 3.8) is 0 Å². The van der Waals surface area contributed by atoms with Crippen molar-refractivity contribution in [2.45, 2.75) is 70.3 Å². The van der Waals surface area contributed by atoms with Crippen LogP contribution in [0.4, 0.5) is 34.1 Å². The summed E-state index contributed by atoms with van der Waals surface area (Å²) in [5, 5.41) is 15.1. The number of furan rings is 3. The molecule has 0 saturated heterocycles. The second kappa shape index (κ2) is 21.6. The third-order valence-electron chi connectivity index (χ3n) is 24.8. The van der Waals surface area contributed by atoms with Gasteiger partial charge in [-0.15, -0.1) is 0 Å². The van der Waals surface area contributed by atoms with E-state index in [0.29, 0.717) is 0 Å². The van der Waals surface area contributed by atoms with E-state index in [-0.39, 0.29) is 22.3 Å². The molecule has 0 fully saturated rings. The van der Waals surface area contributed by atoms with E-state index in [9.17, 15) is 0 Å². The Hall–Kier alpha value is -12.9. The van der Waals surface area contributed by atoms with Crippen LogP contribution in [0.5, 0.6) is 5.75 Å². The molecule has 508 valence electrons. The van der Waals surface area contributed by atoms with Crippen molar-refractivity contribution in [1.82, 2.24) is 0 Å². The minimum Gasteiger partial charge on any atom is -0.485 e. The Morgan fingerprint density at radius 1 is 0.299 bits per heavy atom. The Labute approximate surface area is 618 Å². The molecule has 0 amide bonds. The van der Waals surface area contributed by atoms with Gasteiger partial charge < -0.3 is 27.8 Å². The first kappa shape index (κ1) is 60.5. The first-order chi connectivity index (χ1) is 52.2. The Morgan fingerprint density at radius 3 is 1.36 bits per heavy atom. The average molecular weight is 1380 g/mol. The summed E-state index contributed by atoms with van der Waals surface area (Å²) in [7, 11) is 0. The van der Waals surface area contributed by atoms with E-state index < -0.39 is 0 Å². The molecule has 3 aliphatic carbocycles. The zero-order valence-corrected chi connectivity index (χ0v) is 60.1. The van der Waals surface area contributed by atoms with E-state index in [2.05, 4.69) is 336 Å². The molecule has 1 unspecified atom stereocenters. The molecule has 6 heteroatoms. The van der Waals surface area contributed by atoms with Crippen LogP contribution in [0, 0.1) is 0 Å². The van der Waals surface area contributed by atoms with Crippen molar-refractivity contribution in [3.8, 4) is 50.5 Å². The largest absolute Gasteiger partial charge is 0.485 e. The fraction of sp³-hybridized carbons (Fsp3) is 0.109. The van der Waals surface area contributed by atoms with Crippen LogP contribution in [-0.4, -0.2) is 0 Å². The van der Waals surface area contributed by atoms with Gasteiger partial charge in [0.05, 0.1) is 11.4 Å². The zero-order valence-electron chi connectivity index (χ0n) is 60.1. The molecule has 1 atom stereocenters. The lowest BCUT2D eigenvalue weighted by Gasteiger charge is -2.32. The smallest absolute Gasteiger partial charge is 0.137 e. The summed E-state index contributed by atoms with van der Waals surface area (Å²) in [5.41, 5.74) is 28.6. The third kappa shape index (κ3) is 8.64. The highest BCUT2D eigenvalue weighted by molar-refractivity contribution is 6.13. The van der Waals surface area contributed by atoms with Crippen molar-refractivity contribution < 1.29 is 18.0 Å². The first-order valence-corrected chi connectivity index (χ1v) is 37.5. The van der Waals surface area contributed by atoms with Crippen LogP contribution in [0.15, 0.2) is 311 Å². The third-order valence-corrected chi connectivity index (χ3v) is 24.8. The molecule has 0 radical (unpaired) electrons. The number of para-hydroxylation sites is 2. The molecule has 6 nitrogen and oxygen atoms in total. The molecule has 0 N–H and O–H groups in total. The molecule has 1 aliphatic heterocycles. The summed E-state index contributed by atoms with van der Waals surface area (Å²) in [6, 6.07) is 110. The maximum atomic E-state index is 7.22. The highest BCUT2D eigenvalue weighted by Crippen LogP contribution is 2.60. The first-order valence-electron chi connectivity index (χ1n) is 37.5. The predicted molar refractivity (Wildman–Crippen MR) is 442 cm³/mol. The molecule has 4 heterocycles. The van der Waals surface area contributed by atoms with E-state index in [0.717, 1.165) is 129 Å². The summed E-state index contributed by atoms with van der Waals surface area (Å²) in [5.74, 6) is 1.84. The van der Waals surface area contributed by atoms with Gasteiger partial charge in [-0.25, -0.2) is 0 Å². The maximum Gasteiger partial charge on any atom is 0.137 e. The maximum absolute atomic E-state index is 7.22. The normalized spacial score (nSPS) is 15.4. The number of hydrogen-bond donors (Lipinski definition) is 0. The number of anilines is 6. The second-order valence-electron chi connectivity index (χ2n) is 31.8. The Bertz CT molecular complexity index is 7100. The quantitative estimate of drug-likeness (QED) is 0.151. The Kier molecular flexibility index (Phi) is 12.2. The minimum atomic E-state index is -0.338.